The van der Waals surface area contributed by atoms with E-state index < -0.39 is 11.8 Å². The Labute approximate surface area is 211 Å². The minimum absolute atomic E-state index is 0.0288. The highest BCUT2D eigenvalue weighted by Gasteiger charge is 2.20. The van der Waals surface area contributed by atoms with Crippen molar-refractivity contribution in [2.45, 2.75) is 20.4 Å². The van der Waals surface area contributed by atoms with Crippen LogP contribution in [0.15, 0.2) is 88.2 Å². The summed E-state index contributed by atoms with van der Waals surface area (Å²) in [6.45, 7) is 4.06. The van der Waals surface area contributed by atoms with Gasteiger partial charge in [0.05, 0.1) is 17.1 Å². The molecule has 37 heavy (non-hydrogen) atoms. The van der Waals surface area contributed by atoms with Gasteiger partial charge in [0.1, 0.15) is 0 Å². The van der Waals surface area contributed by atoms with E-state index >= 15 is 0 Å². The quantitative estimate of drug-likeness (QED) is 0.356. The SMILES string of the molecule is CCn1nc(C(=O)NNC(=O)c2ccccc2-c2ncc(-c3ccc(C)cc3)o2)c2ccccc2c1=O. The van der Waals surface area contributed by atoms with Gasteiger partial charge in [0.15, 0.2) is 11.5 Å². The first-order valence-corrected chi connectivity index (χ1v) is 11.7. The topological polar surface area (TPSA) is 119 Å². The minimum atomic E-state index is -0.651. The van der Waals surface area contributed by atoms with Crippen LogP contribution < -0.4 is 16.4 Å². The predicted molar refractivity (Wildman–Crippen MR) is 139 cm³/mol. The molecule has 0 aliphatic rings. The molecule has 0 saturated heterocycles. The van der Waals surface area contributed by atoms with E-state index in [2.05, 4.69) is 20.9 Å². The second-order valence-corrected chi connectivity index (χ2v) is 8.36. The molecule has 0 saturated carbocycles. The molecular formula is C28H23N5O4. The lowest BCUT2D eigenvalue weighted by atomic mass is 10.1. The summed E-state index contributed by atoms with van der Waals surface area (Å²) in [5, 5.41) is 4.95. The first kappa shape index (κ1) is 23.7. The molecule has 0 spiro atoms. The van der Waals surface area contributed by atoms with E-state index in [0.29, 0.717) is 28.6 Å². The third-order valence-electron chi connectivity index (χ3n) is 5.92. The van der Waals surface area contributed by atoms with Crippen LogP contribution in [0, 0.1) is 6.92 Å². The molecule has 5 aromatic rings. The second kappa shape index (κ2) is 9.90. The van der Waals surface area contributed by atoms with E-state index in [9.17, 15) is 14.4 Å². The number of nitrogens with zero attached hydrogens (tertiary/aromatic N) is 3. The van der Waals surface area contributed by atoms with E-state index in [1.54, 1.807) is 61.7 Å². The molecule has 9 heteroatoms. The molecule has 2 aromatic heterocycles. The second-order valence-electron chi connectivity index (χ2n) is 8.36. The van der Waals surface area contributed by atoms with Gasteiger partial charge in [0.25, 0.3) is 17.4 Å². The van der Waals surface area contributed by atoms with Crippen LogP contribution >= 0.6 is 0 Å². The lowest BCUT2D eigenvalue weighted by Gasteiger charge is -2.12. The molecule has 0 aliphatic carbocycles. The maximum absolute atomic E-state index is 13.1. The highest BCUT2D eigenvalue weighted by molar-refractivity contribution is 6.06. The molecule has 0 unspecified atom stereocenters. The summed E-state index contributed by atoms with van der Waals surface area (Å²) in [4.78, 5) is 42.9. The summed E-state index contributed by atoms with van der Waals surface area (Å²) in [5.41, 5.74) is 7.31. The van der Waals surface area contributed by atoms with Crippen LogP contribution in [-0.4, -0.2) is 26.6 Å². The van der Waals surface area contributed by atoms with Gasteiger partial charge in [0, 0.05) is 23.1 Å². The fourth-order valence-corrected chi connectivity index (χ4v) is 3.97. The normalized spacial score (nSPS) is 10.9. The number of hydrogen-bond acceptors (Lipinski definition) is 6. The van der Waals surface area contributed by atoms with Crippen molar-refractivity contribution >= 4 is 22.6 Å². The lowest BCUT2D eigenvalue weighted by molar-refractivity contribution is 0.0844. The van der Waals surface area contributed by atoms with Crippen LogP contribution in [0.5, 0.6) is 0 Å². The Kier molecular flexibility index (Phi) is 6.34. The molecule has 2 amide bonds. The summed E-state index contributed by atoms with van der Waals surface area (Å²) in [6.07, 6.45) is 1.61. The van der Waals surface area contributed by atoms with E-state index in [0.717, 1.165) is 11.1 Å². The molecule has 0 fully saturated rings. The number of amides is 2. The molecule has 0 aliphatic heterocycles. The summed E-state index contributed by atoms with van der Waals surface area (Å²) in [6, 6.07) is 21.3. The number of carbonyl (C=O) groups excluding carboxylic acids is 2. The summed E-state index contributed by atoms with van der Waals surface area (Å²) < 4.78 is 7.16. The van der Waals surface area contributed by atoms with Gasteiger partial charge < -0.3 is 4.42 Å². The van der Waals surface area contributed by atoms with Crippen LogP contribution in [0.4, 0.5) is 0 Å². The number of aryl methyl sites for hydroxylation is 2. The van der Waals surface area contributed by atoms with Crippen molar-refractivity contribution in [3.05, 3.63) is 106 Å². The van der Waals surface area contributed by atoms with Crippen molar-refractivity contribution in [3.63, 3.8) is 0 Å². The van der Waals surface area contributed by atoms with Gasteiger partial charge in [-0.1, -0.05) is 60.2 Å². The molecule has 0 bridgehead atoms. The highest BCUT2D eigenvalue weighted by Crippen LogP contribution is 2.28. The van der Waals surface area contributed by atoms with Crippen molar-refractivity contribution < 1.29 is 14.0 Å². The largest absolute Gasteiger partial charge is 0.436 e. The number of fused-ring (bicyclic) bond motifs is 1. The fraction of sp³-hybridized carbons (Fsp3) is 0.107. The molecular weight excluding hydrogens is 470 g/mol. The monoisotopic (exact) mass is 493 g/mol. The Morgan fingerprint density at radius 1 is 0.892 bits per heavy atom. The molecule has 2 N–H and O–H groups in total. The Balaban J connectivity index is 1.38. The maximum Gasteiger partial charge on any atom is 0.290 e. The number of carbonyl (C=O) groups is 2. The fourth-order valence-electron chi connectivity index (χ4n) is 3.97. The molecule has 3 aromatic carbocycles. The van der Waals surface area contributed by atoms with Crippen molar-refractivity contribution in [3.8, 4) is 22.8 Å². The predicted octanol–water partition coefficient (Wildman–Crippen LogP) is 4.12. The van der Waals surface area contributed by atoms with Crippen molar-refractivity contribution in [1.82, 2.24) is 25.6 Å². The van der Waals surface area contributed by atoms with Crippen molar-refractivity contribution in [2.75, 3.05) is 0 Å². The van der Waals surface area contributed by atoms with Gasteiger partial charge in [-0.25, -0.2) is 9.67 Å². The van der Waals surface area contributed by atoms with E-state index in [1.807, 2.05) is 31.2 Å². The van der Waals surface area contributed by atoms with Crippen molar-refractivity contribution in [2.24, 2.45) is 0 Å². The van der Waals surface area contributed by atoms with Gasteiger partial charge >= 0.3 is 0 Å². The molecule has 0 radical (unpaired) electrons. The van der Waals surface area contributed by atoms with Crippen LogP contribution in [-0.2, 0) is 6.54 Å². The number of oxazole rings is 1. The van der Waals surface area contributed by atoms with E-state index in [-0.39, 0.29) is 22.7 Å². The van der Waals surface area contributed by atoms with Gasteiger partial charge in [-0.15, -0.1) is 0 Å². The minimum Gasteiger partial charge on any atom is -0.436 e. The molecule has 2 heterocycles. The smallest absolute Gasteiger partial charge is 0.290 e. The number of hydrogen-bond donors (Lipinski definition) is 2. The van der Waals surface area contributed by atoms with Gasteiger partial charge in [0.2, 0.25) is 5.89 Å². The molecule has 5 rings (SSSR count). The Morgan fingerprint density at radius 3 is 2.32 bits per heavy atom. The van der Waals surface area contributed by atoms with Crippen LogP contribution in [0.2, 0.25) is 0 Å². The van der Waals surface area contributed by atoms with E-state index in [1.165, 1.54) is 4.68 Å². The van der Waals surface area contributed by atoms with Crippen LogP contribution in [0.25, 0.3) is 33.6 Å². The third-order valence-corrected chi connectivity index (χ3v) is 5.92. The Morgan fingerprint density at radius 2 is 1.57 bits per heavy atom. The molecule has 9 nitrogen and oxygen atoms in total. The molecule has 184 valence electrons. The number of nitrogens with one attached hydrogen (secondary N) is 2. The highest BCUT2D eigenvalue weighted by atomic mass is 16.4. The van der Waals surface area contributed by atoms with Crippen LogP contribution in [0.3, 0.4) is 0 Å². The average Bonchev–Trinajstić information content (AvgIpc) is 3.42. The zero-order chi connectivity index (χ0) is 25.9. The summed E-state index contributed by atoms with van der Waals surface area (Å²) in [5.74, 6) is -0.369. The van der Waals surface area contributed by atoms with Crippen LogP contribution in [0.1, 0.15) is 33.3 Å². The zero-order valence-electron chi connectivity index (χ0n) is 20.2. The average molecular weight is 494 g/mol. The number of benzene rings is 3. The Hall–Kier alpha value is -5.05. The van der Waals surface area contributed by atoms with Gasteiger partial charge in [-0.2, -0.15) is 5.10 Å². The number of aromatic nitrogens is 3. The van der Waals surface area contributed by atoms with Gasteiger partial charge in [-0.3, -0.25) is 25.2 Å². The summed E-state index contributed by atoms with van der Waals surface area (Å²) in [7, 11) is 0. The number of rotatable bonds is 5. The standard InChI is InChI=1S/C28H23N5O4/c1-3-33-28(36)22-11-7-4-8-19(22)24(32-33)26(35)31-30-25(34)20-9-5-6-10-21(20)27-29-16-23(37-27)18-14-12-17(2)13-15-18/h4-16H,3H2,1-2H3,(H,30,34)(H,31,35). The summed E-state index contributed by atoms with van der Waals surface area (Å²) >= 11 is 0. The maximum atomic E-state index is 13.1. The molecule has 0 atom stereocenters. The first-order chi connectivity index (χ1) is 18.0. The lowest BCUT2D eigenvalue weighted by Crippen LogP contribution is -2.43. The zero-order valence-corrected chi connectivity index (χ0v) is 20.2. The first-order valence-electron chi connectivity index (χ1n) is 11.7. The Bertz CT molecular complexity index is 1690. The van der Waals surface area contributed by atoms with Crippen molar-refractivity contribution in [1.29, 1.82) is 0 Å². The third kappa shape index (κ3) is 4.62. The number of hydrazine groups is 1. The van der Waals surface area contributed by atoms with Gasteiger partial charge in [-0.05, 0) is 32.0 Å². The van der Waals surface area contributed by atoms with E-state index in [4.69, 9.17) is 4.42 Å².